The summed E-state index contributed by atoms with van der Waals surface area (Å²) in [6, 6.07) is 17.6. The van der Waals surface area contributed by atoms with Gasteiger partial charge in [-0.2, -0.15) is 5.26 Å². The first kappa shape index (κ1) is 14.0. The SMILES string of the molecule is CC(C(=O)c1ccccc1)C(O)c1cccc(C#N)c1. The predicted molar refractivity (Wildman–Crippen MR) is 76.1 cm³/mol. The Kier molecular flexibility index (Phi) is 4.29. The van der Waals surface area contributed by atoms with Crippen LogP contribution in [0.4, 0.5) is 0 Å². The van der Waals surface area contributed by atoms with Gasteiger partial charge in [0, 0.05) is 11.5 Å². The molecule has 0 spiro atoms. The number of hydrogen-bond acceptors (Lipinski definition) is 3. The molecule has 0 saturated carbocycles. The number of benzene rings is 2. The highest BCUT2D eigenvalue weighted by Crippen LogP contribution is 2.25. The number of hydrogen-bond donors (Lipinski definition) is 1. The number of ketones is 1. The molecule has 0 aliphatic carbocycles. The lowest BCUT2D eigenvalue weighted by Gasteiger charge is -2.18. The van der Waals surface area contributed by atoms with E-state index in [0.29, 0.717) is 16.7 Å². The third-order valence-electron chi connectivity index (χ3n) is 3.30. The first-order valence-corrected chi connectivity index (χ1v) is 6.41. The van der Waals surface area contributed by atoms with Crippen molar-refractivity contribution in [3.8, 4) is 6.07 Å². The number of rotatable bonds is 4. The molecule has 2 aromatic carbocycles. The second-order valence-corrected chi connectivity index (χ2v) is 4.70. The van der Waals surface area contributed by atoms with E-state index in [2.05, 4.69) is 0 Å². The molecule has 3 heteroatoms. The summed E-state index contributed by atoms with van der Waals surface area (Å²) in [5, 5.41) is 19.2. The van der Waals surface area contributed by atoms with E-state index in [9.17, 15) is 9.90 Å². The molecule has 0 aromatic heterocycles. The summed E-state index contributed by atoms with van der Waals surface area (Å²) in [7, 11) is 0. The first-order chi connectivity index (χ1) is 9.63. The van der Waals surface area contributed by atoms with Crippen molar-refractivity contribution in [2.45, 2.75) is 13.0 Å². The maximum Gasteiger partial charge on any atom is 0.168 e. The zero-order valence-electron chi connectivity index (χ0n) is 11.2. The third-order valence-corrected chi connectivity index (χ3v) is 3.30. The van der Waals surface area contributed by atoms with Gasteiger partial charge in [-0.1, -0.05) is 49.4 Å². The van der Waals surface area contributed by atoms with Gasteiger partial charge in [-0.05, 0) is 17.7 Å². The average Bonchev–Trinajstić information content (AvgIpc) is 2.53. The van der Waals surface area contributed by atoms with E-state index in [4.69, 9.17) is 5.26 Å². The molecule has 0 aliphatic rings. The van der Waals surface area contributed by atoms with E-state index in [1.165, 1.54) is 0 Å². The Morgan fingerprint density at radius 3 is 2.50 bits per heavy atom. The Labute approximate surface area is 118 Å². The van der Waals surface area contributed by atoms with E-state index in [1.807, 2.05) is 12.1 Å². The normalized spacial score (nSPS) is 13.2. The van der Waals surface area contributed by atoms with Crippen molar-refractivity contribution >= 4 is 5.78 Å². The maximum absolute atomic E-state index is 12.3. The fraction of sp³-hybridized carbons (Fsp3) is 0.176. The van der Waals surface area contributed by atoms with Gasteiger partial charge in [-0.25, -0.2) is 0 Å². The predicted octanol–water partition coefficient (Wildman–Crippen LogP) is 3.11. The summed E-state index contributed by atoms with van der Waals surface area (Å²) >= 11 is 0. The fourth-order valence-corrected chi connectivity index (χ4v) is 2.09. The minimum Gasteiger partial charge on any atom is -0.388 e. The van der Waals surface area contributed by atoms with E-state index >= 15 is 0 Å². The van der Waals surface area contributed by atoms with Crippen LogP contribution >= 0.6 is 0 Å². The molecule has 0 fully saturated rings. The van der Waals surface area contributed by atoms with Gasteiger partial charge >= 0.3 is 0 Å². The van der Waals surface area contributed by atoms with Crippen LogP contribution in [0.25, 0.3) is 0 Å². The molecule has 2 aromatic rings. The van der Waals surface area contributed by atoms with Crippen LogP contribution in [0.3, 0.4) is 0 Å². The molecule has 0 radical (unpaired) electrons. The van der Waals surface area contributed by atoms with Crippen LogP contribution in [0, 0.1) is 17.2 Å². The Bertz CT molecular complexity index is 644. The fourth-order valence-electron chi connectivity index (χ4n) is 2.09. The van der Waals surface area contributed by atoms with Crippen LogP contribution < -0.4 is 0 Å². The Morgan fingerprint density at radius 1 is 1.15 bits per heavy atom. The molecule has 2 unspecified atom stereocenters. The molecule has 2 rings (SSSR count). The van der Waals surface area contributed by atoms with E-state index in [-0.39, 0.29) is 5.78 Å². The molecule has 0 saturated heterocycles. The number of carbonyl (C=O) groups excluding carboxylic acids is 1. The van der Waals surface area contributed by atoms with Crippen LogP contribution in [-0.4, -0.2) is 10.9 Å². The van der Waals surface area contributed by atoms with Crippen molar-refractivity contribution in [2.75, 3.05) is 0 Å². The average molecular weight is 265 g/mol. The van der Waals surface area contributed by atoms with Crippen molar-refractivity contribution < 1.29 is 9.90 Å². The van der Waals surface area contributed by atoms with Gasteiger partial charge in [0.1, 0.15) is 0 Å². The van der Waals surface area contributed by atoms with Crippen molar-refractivity contribution in [1.29, 1.82) is 5.26 Å². The maximum atomic E-state index is 12.3. The molecule has 20 heavy (non-hydrogen) atoms. The van der Waals surface area contributed by atoms with Gasteiger partial charge < -0.3 is 5.11 Å². The number of nitrogens with zero attached hydrogens (tertiary/aromatic N) is 1. The Balaban J connectivity index is 2.22. The van der Waals surface area contributed by atoms with Crippen LogP contribution in [-0.2, 0) is 0 Å². The van der Waals surface area contributed by atoms with Crippen molar-refractivity contribution in [3.63, 3.8) is 0 Å². The molecule has 1 N–H and O–H groups in total. The highest BCUT2D eigenvalue weighted by molar-refractivity contribution is 5.98. The second-order valence-electron chi connectivity index (χ2n) is 4.70. The van der Waals surface area contributed by atoms with Crippen LogP contribution in [0.15, 0.2) is 54.6 Å². The summed E-state index contributed by atoms with van der Waals surface area (Å²) in [6.07, 6.45) is -0.920. The number of aliphatic hydroxyl groups excluding tert-OH is 1. The second kappa shape index (κ2) is 6.14. The minimum atomic E-state index is -0.920. The summed E-state index contributed by atoms with van der Waals surface area (Å²) in [6.45, 7) is 1.69. The molecule has 3 nitrogen and oxygen atoms in total. The van der Waals surface area contributed by atoms with Crippen molar-refractivity contribution in [2.24, 2.45) is 5.92 Å². The molecule has 0 amide bonds. The molecule has 0 heterocycles. The molecule has 2 atom stereocenters. The van der Waals surface area contributed by atoms with Crippen LogP contribution in [0.1, 0.15) is 34.5 Å². The van der Waals surface area contributed by atoms with Crippen LogP contribution in [0.2, 0.25) is 0 Å². The van der Waals surface area contributed by atoms with Crippen molar-refractivity contribution in [3.05, 3.63) is 71.3 Å². The summed E-state index contributed by atoms with van der Waals surface area (Å²) in [5.74, 6) is -0.674. The minimum absolute atomic E-state index is 0.111. The molecule has 0 aliphatic heterocycles. The number of carbonyl (C=O) groups is 1. The third kappa shape index (κ3) is 2.93. The zero-order chi connectivity index (χ0) is 14.5. The smallest absolute Gasteiger partial charge is 0.168 e. The standard InChI is InChI=1S/C17H15NO2/c1-12(16(19)14-7-3-2-4-8-14)17(20)15-9-5-6-13(10-15)11-18/h2-10,12,17,20H,1H3. The van der Waals surface area contributed by atoms with Crippen LogP contribution in [0.5, 0.6) is 0 Å². The van der Waals surface area contributed by atoms with E-state index < -0.39 is 12.0 Å². The van der Waals surface area contributed by atoms with Crippen molar-refractivity contribution in [1.82, 2.24) is 0 Å². The lowest BCUT2D eigenvalue weighted by molar-refractivity contribution is 0.0713. The molecule has 0 bridgehead atoms. The molecular weight excluding hydrogens is 250 g/mol. The van der Waals surface area contributed by atoms with Gasteiger partial charge in [0.15, 0.2) is 5.78 Å². The van der Waals surface area contributed by atoms with Gasteiger partial charge in [0.05, 0.1) is 17.7 Å². The van der Waals surface area contributed by atoms with Gasteiger partial charge in [0.2, 0.25) is 0 Å². The summed E-state index contributed by atoms with van der Waals surface area (Å²) in [4.78, 5) is 12.3. The van der Waals surface area contributed by atoms with Gasteiger partial charge in [0.25, 0.3) is 0 Å². The lowest BCUT2D eigenvalue weighted by Crippen LogP contribution is -2.19. The Morgan fingerprint density at radius 2 is 1.85 bits per heavy atom. The largest absolute Gasteiger partial charge is 0.388 e. The zero-order valence-corrected chi connectivity index (χ0v) is 11.2. The topological polar surface area (TPSA) is 61.1 Å². The Hall–Kier alpha value is -2.44. The summed E-state index contributed by atoms with van der Waals surface area (Å²) < 4.78 is 0. The number of Topliss-reactive ketones (excluding diaryl/α,β-unsaturated/α-hetero) is 1. The summed E-state index contributed by atoms with van der Waals surface area (Å²) in [5.41, 5.74) is 1.64. The lowest BCUT2D eigenvalue weighted by atomic mass is 9.90. The highest BCUT2D eigenvalue weighted by Gasteiger charge is 2.24. The quantitative estimate of drug-likeness (QED) is 0.864. The van der Waals surface area contributed by atoms with E-state index in [0.717, 1.165) is 0 Å². The van der Waals surface area contributed by atoms with E-state index in [1.54, 1.807) is 55.5 Å². The van der Waals surface area contributed by atoms with Gasteiger partial charge in [-0.3, -0.25) is 4.79 Å². The monoisotopic (exact) mass is 265 g/mol. The first-order valence-electron chi connectivity index (χ1n) is 6.41. The number of nitriles is 1. The molecular formula is C17H15NO2. The highest BCUT2D eigenvalue weighted by atomic mass is 16.3. The molecule has 100 valence electrons. The van der Waals surface area contributed by atoms with Gasteiger partial charge in [-0.15, -0.1) is 0 Å². The number of aliphatic hydroxyl groups is 1.